The number of carbonyl (C=O) groups excluding carboxylic acids is 3. The zero-order valence-electron chi connectivity index (χ0n) is 19.5. The van der Waals surface area contributed by atoms with Gasteiger partial charge in [0.2, 0.25) is 0 Å². The minimum absolute atomic E-state index is 0.193. The van der Waals surface area contributed by atoms with Gasteiger partial charge in [-0.05, 0) is 37.3 Å². The number of epoxide rings is 1. The van der Waals surface area contributed by atoms with Crippen molar-refractivity contribution in [3.05, 3.63) is 24.2 Å². The Balaban J connectivity index is 1.83. The van der Waals surface area contributed by atoms with Crippen molar-refractivity contribution in [3.8, 4) is 0 Å². The van der Waals surface area contributed by atoms with Crippen LogP contribution in [0.5, 0.6) is 0 Å². The summed E-state index contributed by atoms with van der Waals surface area (Å²) in [5, 5.41) is 10.9. The van der Waals surface area contributed by atoms with Crippen LogP contribution in [0.3, 0.4) is 0 Å². The molecule has 1 saturated carbocycles. The van der Waals surface area contributed by atoms with Crippen molar-refractivity contribution in [2.45, 2.75) is 70.7 Å². The summed E-state index contributed by atoms with van der Waals surface area (Å²) in [6.45, 7) is 5.92. The summed E-state index contributed by atoms with van der Waals surface area (Å²) in [5.41, 5.74) is -3.38. The predicted molar refractivity (Wildman–Crippen MR) is 113 cm³/mol. The Morgan fingerprint density at radius 3 is 2.55 bits per heavy atom. The summed E-state index contributed by atoms with van der Waals surface area (Å²) < 4.78 is 28.5. The maximum Gasteiger partial charge on any atom is 0.309 e. The van der Waals surface area contributed by atoms with E-state index in [0.29, 0.717) is 25.7 Å². The summed E-state index contributed by atoms with van der Waals surface area (Å²) in [5.74, 6) is -1.84. The first-order valence-electron chi connectivity index (χ1n) is 11.4. The fourth-order valence-electron chi connectivity index (χ4n) is 6.35. The molecule has 4 rings (SSSR count). The molecule has 3 heterocycles. The molecule has 1 aliphatic carbocycles. The maximum atomic E-state index is 13.1. The molecule has 3 aliphatic rings. The van der Waals surface area contributed by atoms with Crippen LogP contribution in [0.15, 0.2) is 23.0 Å². The van der Waals surface area contributed by atoms with Gasteiger partial charge in [0, 0.05) is 19.3 Å². The van der Waals surface area contributed by atoms with Gasteiger partial charge >= 0.3 is 17.9 Å². The fourth-order valence-corrected chi connectivity index (χ4v) is 6.35. The molecule has 0 amide bonds. The van der Waals surface area contributed by atoms with Gasteiger partial charge in [-0.25, -0.2) is 0 Å². The molecule has 0 aromatic carbocycles. The van der Waals surface area contributed by atoms with Crippen LogP contribution in [-0.2, 0) is 39.8 Å². The third-order valence-corrected chi connectivity index (χ3v) is 8.44. The van der Waals surface area contributed by atoms with Crippen molar-refractivity contribution in [1.82, 2.24) is 0 Å². The molecular formula is C24H32O9. The molecule has 9 heteroatoms. The van der Waals surface area contributed by atoms with E-state index in [9.17, 15) is 19.5 Å². The third kappa shape index (κ3) is 3.31. The Morgan fingerprint density at radius 1 is 1.27 bits per heavy atom. The van der Waals surface area contributed by atoms with E-state index in [1.54, 1.807) is 12.5 Å². The second kappa shape index (κ2) is 8.13. The zero-order chi connectivity index (χ0) is 24.1. The lowest BCUT2D eigenvalue weighted by atomic mass is 9.46. The Bertz CT molecular complexity index is 920. The van der Waals surface area contributed by atoms with E-state index in [0.717, 1.165) is 5.56 Å². The fraction of sp³-hybridized carbons (Fsp3) is 0.708. The number of rotatable bonds is 7. The highest BCUT2D eigenvalue weighted by atomic mass is 16.6. The van der Waals surface area contributed by atoms with Crippen molar-refractivity contribution in [1.29, 1.82) is 0 Å². The van der Waals surface area contributed by atoms with Crippen LogP contribution in [-0.4, -0.2) is 60.1 Å². The summed E-state index contributed by atoms with van der Waals surface area (Å²) in [7, 11) is 0. The molecule has 1 aromatic rings. The van der Waals surface area contributed by atoms with Crippen LogP contribution in [0.2, 0.25) is 0 Å². The smallest absolute Gasteiger partial charge is 0.309 e. The number of aryl methyl sites for hydroxylation is 1. The van der Waals surface area contributed by atoms with Crippen LogP contribution in [0.4, 0.5) is 0 Å². The Morgan fingerprint density at radius 2 is 2.00 bits per heavy atom. The Hall–Kier alpha value is -2.39. The number of esters is 3. The molecule has 6 atom stereocenters. The molecular weight excluding hydrogens is 432 g/mol. The number of hydrogen-bond donors (Lipinski definition) is 1. The van der Waals surface area contributed by atoms with Gasteiger partial charge in [0.15, 0.2) is 0 Å². The normalized spacial score (nSPS) is 39.5. The highest BCUT2D eigenvalue weighted by Gasteiger charge is 2.83. The molecule has 2 aliphatic heterocycles. The monoisotopic (exact) mass is 464 g/mol. The molecule has 0 bridgehead atoms. The average Bonchev–Trinajstić information content (AvgIpc) is 3.33. The van der Waals surface area contributed by atoms with Gasteiger partial charge in [-0.2, -0.15) is 0 Å². The second-order valence-corrected chi connectivity index (χ2v) is 9.85. The molecule has 1 aromatic heterocycles. The quantitative estimate of drug-likeness (QED) is 0.367. The van der Waals surface area contributed by atoms with Crippen molar-refractivity contribution >= 4 is 17.9 Å². The first kappa shape index (κ1) is 23.8. The highest BCUT2D eigenvalue weighted by Crippen LogP contribution is 2.69. The SMILES string of the molecule is CC(=O)OC[C@]1(CO)C2(CO2)[C@@H](OC(C)=O)CC[C@@]12OC(=O)[C@H](C)[C@]2(C)CCc1ccoc1. The van der Waals surface area contributed by atoms with Gasteiger partial charge in [-0.15, -0.1) is 0 Å². The largest absolute Gasteiger partial charge is 0.472 e. The zero-order valence-corrected chi connectivity index (χ0v) is 19.5. The van der Waals surface area contributed by atoms with Crippen molar-refractivity contribution in [2.24, 2.45) is 16.7 Å². The van der Waals surface area contributed by atoms with Crippen LogP contribution >= 0.6 is 0 Å². The lowest BCUT2D eigenvalue weighted by molar-refractivity contribution is -0.258. The van der Waals surface area contributed by atoms with E-state index in [2.05, 4.69) is 0 Å². The van der Waals surface area contributed by atoms with Crippen molar-refractivity contribution in [3.63, 3.8) is 0 Å². The van der Waals surface area contributed by atoms with E-state index in [1.165, 1.54) is 13.8 Å². The number of carbonyl (C=O) groups is 3. The highest BCUT2D eigenvalue weighted by molar-refractivity contribution is 5.77. The van der Waals surface area contributed by atoms with Crippen molar-refractivity contribution in [2.75, 3.05) is 19.8 Å². The van der Waals surface area contributed by atoms with E-state index >= 15 is 0 Å². The molecule has 2 spiro atoms. The maximum absolute atomic E-state index is 13.1. The number of aliphatic hydroxyl groups excluding tert-OH is 1. The summed E-state index contributed by atoms with van der Waals surface area (Å²) in [4.78, 5) is 36.8. The Labute approximate surface area is 192 Å². The van der Waals surface area contributed by atoms with Gasteiger partial charge in [-0.3, -0.25) is 14.4 Å². The second-order valence-electron chi connectivity index (χ2n) is 9.85. The summed E-state index contributed by atoms with van der Waals surface area (Å²) in [6, 6.07) is 1.87. The van der Waals surface area contributed by atoms with Crippen LogP contribution in [0.25, 0.3) is 0 Å². The molecule has 9 nitrogen and oxygen atoms in total. The van der Waals surface area contributed by atoms with E-state index in [-0.39, 0.29) is 19.2 Å². The number of ether oxygens (including phenoxy) is 4. The van der Waals surface area contributed by atoms with Gasteiger partial charge < -0.3 is 28.5 Å². The molecule has 2 saturated heterocycles. The van der Waals surface area contributed by atoms with E-state index in [1.807, 2.05) is 19.9 Å². The Kier molecular flexibility index (Phi) is 5.85. The van der Waals surface area contributed by atoms with Gasteiger partial charge in [0.05, 0.1) is 31.7 Å². The first-order chi connectivity index (χ1) is 15.6. The topological polar surface area (TPSA) is 125 Å². The van der Waals surface area contributed by atoms with Gasteiger partial charge in [0.1, 0.15) is 29.3 Å². The van der Waals surface area contributed by atoms with E-state index in [4.69, 9.17) is 23.4 Å². The molecule has 0 radical (unpaired) electrons. The minimum atomic E-state index is -1.31. The summed E-state index contributed by atoms with van der Waals surface area (Å²) in [6.07, 6.45) is 4.53. The lowest BCUT2D eigenvalue weighted by Crippen LogP contribution is -2.73. The van der Waals surface area contributed by atoms with Crippen LogP contribution in [0, 0.1) is 16.7 Å². The first-order valence-corrected chi connectivity index (χ1v) is 11.4. The standard InChI is InChI=1S/C24H32O9/c1-15-20(28)33-24(21(15,4)8-5-18-7-10-29-11-18)9-6-19(32-17(3)27)23(14-31-23)22(24,12-25)13-30-16(2)26/h7,10-11,15,19,25H,5-6,8-9,12-14H2,1-4H3/t15-,19-,21-,22+,23?,24-/m0/s1. The van der Waals surface area contributed by atoms with Gasteiger partial charge in [0.25, 0.3) is 0 Å². The minimum Gasteiger partial charge on any atom is -0.472 e. The van der Waals surface area contributed by atoms with Crippen LogP contribution < -0.4 is 0 Å². The average molecular weight is 465 g/mol. The molecule has 1 N–H and O–H groups in total. The van der Waals surface area contributed by atoms with Crippen molar-refractivity contribution < 1.29 is 42.9 Å². The summed E-state index contributed by atoms with van der Waals surface area (Å²) >= 11 is 0. The van der Waals surface area contributed by atoms with Crippen LogP contribution in [0.1, 0.15) is 52.5 Å². The molecule has 33 heavy (non-hydrogen) atoms. The number of furan rings is 1. The number of aliphatic hydroxyl groups is 1. The molecule has 1 unspecified atom stereocenters. The lowest BCUT2D eigenvalue weighted by Gasteiger charge is -2.59. The van der Waals surface area contributed by atoms with E-state index < -0.39 is 52.6 Å². The molecule has 182 valence electrons. The number of hydrogen-bond acceptors (Lipinski definition) is 9. The third-order valence-electron chi connectivity index (χ3n) is 8.44. The predicted octanol–water partition coefficient (Wildman–Crippen LogP) is 2.19. The van der Waals surface area contributed by atoms with Gasteiger partial charge in [-0.1, -0.05) is 13.8 Å². The molecule has 3 fully saturated rings.